The molecule has 0 aliphatic heterocycles. The number of likely N-dealkylation sites (N-methyl/N-ethyl adjacent to an activating group) is 1. The number of aromatic nitrogens is 1. The van der Waals surface area contributed by atoms with E-state index in [1.54, 1.807) is 12.3 Å². The lowest BCUT2D eigenvalue weighted by atomic mass is 10.1. The van der Waals surface area contributed by atoms with E-state index in [1.165, 1.54) is 23.5 Å². The second kappa shape index (κ2) is 10.4. The zero-order valence-electron chi connectivity index (χ0n) is 17.8. The Balaban J connectivity index is 1.88. The second-order valence-corrected chi connectivity index (χ2v) is 7.73. The first kappa shape index (κ1) is 23.4. The number of rotatable bonds is 8. The lowest BCUT2D eigenvalue weighted by molar-refractivity contribution is 0.234. The molecule has 0 aliphatic carbocycles. The number of nitrogens with two attached hydrogens (primary N) is 3. The molecule has 0 saturated heterocycles. The van der Waals surface area contributed by atoms with Gasteiger partial charge in [0.25, 0.3) is 0 Å². The molecule has 11 heteroatoms. The highest BCUT2D eigenvalue weighted by Crippen LogP contribution is 2.30. The average Bonchev–Trinajstić information content (AvgIpc) is 3.33. The quantitative estimate of drug-likeness (QED) is 0.204. The van der Waals surface area contributed by atoms with Crippen LogP contribution < -0.4 is 27.2 Å². The summed E-state index contributed by atoms with van der Waals surface area (Å²) in [6.07, 6.45) is 1.60. The predicted molar refractivity (Wildman–Crippen MR) is 124 cm³/mol. The Hall–Kier alpha value is -3.28. The first-order valence-electron chi connectivity index (χ1n) is 9.77. The van der Waals surface area contributed by atoms with Crippen molar-refractivity contribution < 1.29 is 13.5 Å². The van der Waals surface area contributed by atoms with Gasteiger partial charge in [-0.25, -0.2) is 15.2 Å². The van der Waals surface area contributed by atoms with Crippen LogP contribution in [-0.4, -0.2) is 42.5 Å². The van der Waals surface area contributed by atoms with E-state index in [4.69, 9.17) is 22.2 Å². The van der Waals surface area contributed by atoms with Gasteiger partial charge in [-0.05, 0) is 54.2 Å². The minimum atomic E-state index is -1.20. The fourth-order valence-corrected chi connectivity index (χ4v) is 3.57. The van der Waals surface area contributed by atoms with E-state index in [9.17, 15) is 8.78 Å². The highest BCUT2D eigenvalue weighted by atomic mass is 32.1. The lowest BCUT2D eigenvalue weighted by Gasteiger charge is -2.22. The topological polar surface area (TPSA) is 119 Å². The Morgan fingerprint density at radius 1 is 1.22 bits per heavy atom. The third kappa shape index (κ3) is 4.96. The van der Waals surface area contributed by atoms with Gasteiger partial charge in [-0.3, -0.25) is 5.01 Å². The summed E-state index contributed by atoms with van der Waals surface area (Å²) in [6, 6.07) is 6.19. The Morgan fingerprint density at radius 2 is 2.00 bits per heavy atom. The van der Waals surface area contributed by atoms with Crippen molar-refractivity contribution in [3.05, 3.63) is 58.4 Å². The van der Waals surface area contributed by atoms with Crippen LogP contribution in [0.3, 0.4) is 0 Å². The molecule has 0 amide bonds. The molecule has 0 spiro atoms. The maximum atomic E-state index is 14.9. The van der Waals surface area contributed by atoms with Gasteiger partial charge in [0.1, 0.15) is 12.4 Å². The number of amidine groups is 1. The summed E-state index contributed by atoms with van der Waals surface area (Å²) in [5.74, 6) is 9.07. The third-order valence-corrected chi connectivity index (χ3v) is 5.60. The van der Waals surface area contributed by atoms with E-state index >= 15 is 0 Å². The van der Waals surface area contributed by atoms with Crippen molar-refractivity contribution in [3.8, 4) is 16.9 Å². The number of benzene rings is 1. The van der Waals surface area contributed by atoms with Gasteiger partial charge in [0.15, 0.2) is 17.4 Å². The van der Waals surface area contributed by atoms with Crippen molar-refractivity contribution >= 4 is 28.7 Å². The molecule has 0 atom stereocenters. The number of ether oxygens (including phenoxy) is 1. The molecular weight excluding hydrogens is 436 g/mol. The Kier molecular flexibility index (Phi) is 7.57. The van der Waals surface area contributed by atoms with Gasteiger partial charge >= 0.3 is 0 Å². The number of hydrogen-bond donors (Lipinski definition) is 3. The summed E-state index contributed by atoms with van der Waals surface area (Å²) < 4.78 is 34.8. The normalized spacial score (nSPS) is 11.8. The van der Waals surface area contributed by atoms with Crippen LogP contribution in [0.25, 0.3) is 11.1 Å². The van der Waals surface area contributed by atoms with Crippen molar-refractivity contribution in [3.63, 3.8) is 0 Å². The maximum absolute atomic E-state index is 14.9. The number of thiophene rings is 1. The molecular formula is C21H25F2N7OS. The molecule has 3 aromatic rings. The number of pyridine rings is 1. The van der Waals surface area contributed by atoms with Gasteiger partial charge in [0.2, 0.25) is 5.82 Å². The number of nitrogen functional groups attached to an aromatic ring is 1. The van der Waals surface area contributed by atoms with Crippen molar-refractivity contribution in [1.29, 1.82) is 0 Å². The van der Waals surface area contributed by atoms with Crippen LogP contribution in [0.4, 0.5) is 20.3 Å². The Labute approximate surface area is 188 Å². The molecule has 0 radical (unpaired) electrons. The molecule has 32 heavy (non-hydrogen) atoms. The Morgan fingerprint density at radius 3 is 2.66 bits per heavy atom. The zero-order chi connectivity index (χ0) is 23.3. The SMILES string of the molecule is CCN(C)CCOc1ccc(N(N)/C(=N\N)c2cc(-c3ccsc3)cnc2N)c(F)c1F. The summed E-state index contributed by atoms with van der Waals surface area (Å²) in [6.45, 7) is 3.58. The maximum Gasteiger partial charge on any atom is 0.202 e. The monoisotopic (exact) mass is 461 g/mol. The van der Waals surface area contributed by atoms with Crippen LogP contribution >= 0.6 is 11.3 Å². The molecule has 0 fully saturated rings. The number of hydrogen-bond acceptors (Lipinski definition) is 8. The average molecular weight is 462 g/mol. The van der Waals surface area contributed by atoms with Crippen LogP contribution in [0.1, 0.15) is 12.5 Å². The van der Waals surface area contributed by atoms with Gasteiger partial charge in [-0.2, -0.15) is 20.8 Å². The summed E-state index contributed by atoms with van der Waals surface area (Å²) in [5, 5.41) is 8.35. The van der Waals surface area contributed by atoms with Gasteiger partial charge in [0, 0.05) is 18.3 Å². The molecule has 3 rings (SSSR count). The van der Waals surface area contributed by atoms with Crippen molar-refractivity contribution in [2.24, 2.45) is 16.8 Å². The minimum absolute atomic E-state index is 0.0800. The van der Waals surface area contributed by atoms with Gasteiger partial charge < -0.3 is 21.2 Å². The van der Waals surface area contributed by atoms with E-state index in [0.29, 0.717) is 6.54 Å². The van der Waals surface area contributed by atoms with Crippen LogP contribution in [0, 0.1) is 11.6 Å². The standard InChI is InChI=1S/C21H25F2N7OS/c1-3-29(2)7-8-31-17-5-4-16(18(22)19(17)23)30(26)21(28-25)15-10-14(11-27-20(15)24)13-6-9-32-12-13/h4-6,9-12H,3,7-8,25-26H2,1-2H3,(H2,24,27)/b28-21-. The number of halogens is 2. The lowest BCUT2D eigenvalue weighted by Crippen LogP contribution is -2.40. The van der Waals surface area contributed by atoms with E-state index in [-0.39, 0.29) is 35.3 Å². The van der Waals surface area contributed by atoms with E-state index in [2.05, 4.69) is 10.1 Å². The van der Waals surface area contributed by atoms with E-state index < -0.39 is 11.6 Å². The molecule has 0 unspecified atom stereocenters. The van der Waals surface area contributed by atoms with Crippen molar-refractivity contribution in [1.82, 2.24) is 9.88 Å². The summed E-state index contributed by atoms with van der Waals surface area (Å²) >= 11 is 1.52. The fourth-order valence-electron chi connectivity index (χ4n) is 2.91. The van der Waals surface area contributed by atoms with Gasteiger partial charge in [0.05, 0.1) is 11.3 Å². The van der Waals surface area contributed by atoms with Gasteiger partial charge in [-0.15, -0.1) is 0 Å². The number of hydrazone groups is 1. The molecule has 8 nitrogen and oxygen atoms in total. The predicted octanol–water partition coefficient (Wildman–Crippen LogP) is 3.00. The molecule has 2 aromatic heterocycles. The largest absolute Gasteiger partial charge is 0.489 e. The molecule has 2 heterocycles. The number of hydrazine groups is 1. The van der Waals surface area contributed by atoms with Crippen LogP contribution in [0.2, 0.25) is 0 Å². The Bertz CT molecular complexity index is 1090. The molecule has 1 aromatic carbocycles. The highest BCUT2D eigenvalue weighted by Gasteiger charge is 2.23. The zero-order valence-corrected chi connectivity index (χ0v) is 18.6. The fraction of sp³-hybridized carbons (Fsp3) is 0.238. The van der Waals surface area contributed by atoms with E-state index in [0.717, 1.165) is 22.7 Å². The number of nitrogens with zero attached hydrogens (tertiary/aromatic N) is 4. The highest BCUT2D eigenvalue weighted by molar-refractivity contribution is 7.08. The molecule has 0 bridgehead atoms. The third-order valence-electron chi connectivity index (χ3n) is 4.92. The van der Waals surface area contributed by atoms with Gasteiger partial charge in [-0.1, -0.05) is 6.92 Å². The van der Waals surface area contributed by atoms with Crippen LogP contribution in [0.5, 0.6) is 5.75 Å². The number of anilines is 2. The smallest absolute Gasteiger partial charge is 0.202 e. The molecule has 0 saturated carbocycles. The second-order valence-electron chi connectivity index (χ2n) is 6.95. The van der Waals surface area contributed by atoms with Crippen LogP contribution in [-0.2, 0) is 0 Å². The summed E-state index contributed by atoms with van der Waals surface area (Å²) in [7, 11) is 1.90. The van der Waals surface area contributed by atoms with Crippen LogP contribution in [0.15, 0.2) is 46.3 Å². The minimum Gasteiger partial charge on any atom is -0.489 e. The first-order chi connectivity index (χ1) is 15.4. The van der Waals surface area contributed by atoms with Crippen molar-refractivity contribution in [2.45, 2.75) is 6.92 Å². The van der Waals surface area contributed by atoms with E-state index in [1.807, 2.05) is 35.7 Å². The molecule has 6 N–H and O–H groups in total. The first-order valence-corrected chi connectivity index (χ1v) is 10.7. The summed E-state index contributed by atoms with van der Waals surface area (Å²) in [5.41, 5.74) is 7.65. The molecule has 170 valence electrons. The van der Waals surface area contributed by atoms with Crippen molar-refractivity contribution in [2.75, 3.05) is 37.5 Å². The molecule has 0 aliphatic rings. The summed E-state index contributed by atoms with van der Waals surface area (Å²) in [4.78, 5) is 6.14.